The summed E-state index contributed by atoms with van der Waals surface area (Å²) < 4.78 is 33.1. The molecule has 10 heteroatoms. The quantitative estimate of drug-likeness (QED) is 0.310. The maximum Gasteiger partial charge on any atom is 0.251 e. The van der Waals surface area contributed by atoms with E-state index in [9.17, 15) is 23.1 Å². The van der Waals surface area contributed by atoms with Gasteiger partial charge in [0.2, 0.25) is 15.9 Å². The van der Waals surface area contributed by atoms with Crippen molar-refractivity contribution in [3.63, 3.8) is 0 Å². The van der Waals surface area contributed by atoms with Gasteiger partial charge in [0.15, 0.2) is 6.10 Å². The van der Waals surface area contributed by atoms with Crippen LogP contribution in [0.25, 0.3) is 0 Å². The highest BCUT2D eigenvalue weighted by atomic mass is 32.2. The highest BCUT2D eigenvalue weighted by molar-refractivity contribution is 7.89. The maximum atomic E-state index is 13.5. The lowest BCUT2D eigenvalue weighted by molar-refractivity contribution is -0.132. The van der Waals surface area contributed by atoms with Crippen LogP contribution >= 0.6 is 0 Å². The molecule has 4 rings (SSSR count). The van der Waals surface area contributed by atoms with Crippen LogP contribution in [0.1, 0.15) is 24.0 Å². The molecule has 0 radical (unpaired) electrons. The van der Waals surface area contributed by atoms with Gasteiger partial charge in [0.05, 0.1) is 18.0 Å². The fraction of sp³-hybridized carbons (Fsp3) is 0.333. The Bertz CT molecular complexity index is 1370. The van der Waals surface area contributed by atoms with Gasteiger partial charge in [0, 0.05) is 13.1 Å². The molecule has 0 aromatic heterocycles. The summed E-state index contributed by atoms with van der Waals surface area (Å²) in [6.45, 7) is 0.515. The van der Waals surface area contributed by atoms with E-state index in [1.165, 1.54) is 23.5 Å². The fourth-order valence-electron chi connectivity index (χ4n) is 4.82. The predicted molar refractivity (Wildman–Crippen MR) is 151 cm³/mol. The fourth-order valence-corrected chi connectivity index (χ4v) is 6.48. The van der Waals surface area contributed by atoms with E-state index >= 15 is 0 Å². The number of benzene rings is 3. The first kappa shape index (κ1) is 29.3. The van der Waals surface area contributed by atoms with Crippen LogP contribution in [-0.2, 0) is 32.5 Å². The largest absolute Gasteiger partial charge is 0.497 e. The first-order chi connectivity index (χ1) is 19.3. The minimum Gasteiger partial charge on any atom is -0.497 e. The third-order valence-corrected chi connectivity index (χ3v) is 8.93. The summed E-state index contributed by atoms with van der Waals surface area (Å²) in [6, 6.07) is 22.9. The monoisotopic (exact) mass is 565 g/mol. The Labute approximate surface area is 235 Å². The van der Waals surface area contributed by atoms with Crippen molar-refractivity contribution in [2.45, 2.75) is 48.8 Å². The van der Waals surface area contributed by atoms with Gasteiger partial charge in [-0.3, -0.25) is 9.59 Å². The molecule has 1 aliphatic rings. The van der Waals surface area contributed by atoms with Crippen molar-refractivity contribution >= 4 is 21.8 Å². The second-order valence-corrected chi connectivity index (χ2v) is 11.6. The van der Waals surface area contributed by atoms with E-state index in [1.807, 2.05) is 60.7 Å². The van der Waals surface area contributed by atoms with Crippen LogP contribution in [-0.4, -0.2) is 68.0 Å². The van der Waals surface area contributed by atoms with Gasteiger partial charge in [0.1, 0.15) is 11.8 Å². The van der Waals surface area contributed by atoms with Crippen molar-refractivity contribution < 1.29 is 27.9 Å². The minimum absolute atomic E-state index is 0.0617. The number of nitrogens with one attached hydrogen (secondary N) is 2. The molecule has 1 heterocycles. The van der Waals surface area contributed by atoms with E-state index in [0.29, 0.717) is 31.6 Å². The zero-order valence-corrected chi connectivity index (χ0v) is 23.2. The SMILES string of the molecule is COc1ccc(S(=O)(=O)N2CCC[C@@H]2C(=O)N[C@@H](Cc2ccccc2)C(O)C(=O)NCCc2ccccc2)cc1. The Balaban J connectivity index is 1.47. The number of sulfonamides is 1. The van der Waals surface area contributed by atoms with Crippen molar-refractivity contribution in [1.29, 1.82) is 0 Å². The van der Waals surface area contributed by atoms with E-state index in [4.69, 9.17) is 4.74 Å². The average molecular weight is 566 g/mol. The number of aliphatic hydroxyl groups excluding tert-OH is 1. The van der Waals surface area contributed by atoms with Gasteiger partial charge in [0.25, 0.3) is 5.91 Å². The molecule has 2 amide bonds. The second-order valence-electron chi connectivity index (χ2n) is 9.73. The van der Waals surface area contributed by atoms with Crippen LogP contribution in [0.3, 0.4) is 0 Å². The average Bonchev–Trinajstić information content (AvgIpc) is 3.49. The van der Waals surface area contributed by atoms with Crippen LogP contribution in [0, 0.1) is 0 Å². The van der Waals surface area contributed by atoms with Crippen LogP contribution in [0.15, 0.2) is 89.8 Å². The van der Waals surface area contributed by atoms with Crippen LogP contribution in [0.4, 0.5) is 0 Å². The number of nitrogens with zero attached hydrogens (tertiary/aromatic N) is 1. The summed E-state index contributed by atoms with van der Waals surface area (Å²) in [5.74, 6) is -0.632. The van der Waals surface area contributed by atoms with Crippen molar-refractivity contribution in [3.05, 3.63) is 96.1 Å². The normalized spacial score (nSPS) is 17.1. The molecule has 0 spiro atoms. The summed E-state index contributed by atoms with van der Waals surface area (Å²) in [7, 11) is -2.46. The number of hydrogen-bond acceptors (Lipinski definition) is 6. The molecule has 3 atom stereocenters. The molecular formula is C30H35N3O6S. The molecule has 1 fully saturated rings. The molecule has 0 saturated carbocycles. The van der Waals surface area contributed by atoms with Crippen molar-refractivity contribution in [2.75, 3.05) is 20.2 Å². The third kappa shape index (κ3) is 7.26. The van der Waals surface area contributed by atoms with Crippen molar-refractivity contribution in [1.82, 2.24) is 14.9 Å². The van der Waals surface area contributed by atoms with Gasteiger partial charge >= 0.3 is 0 Å². The van der Waals surface area contributed by atoms with Crippen molar-refractivity contribution in [2.24, 2.45) is 0 Å². The molecule has 3 aromatic rings. The first-order valence-corrected chi connectivity index (χ1v) is 14.7. The Morgan fingerprint density at radius 2 is 1.60 bits per heavy atom. The number of methoxy groups -OCH3 is 1. The van der Waals surface area contributed by atoms with Gasteiger partial charge < -0.3 is 20.5 Å². The molecule has 0 aliphatic carbocycles. The second kappa shape index (κ2) is 13.6. The zero-order chi connectivity index (χ0) is 28.5. The molecule has 9 nitrogen and oxygen atoms in total. The van der Waals surface area contributed by atoms with Crippen LogP contribution in [0.5, 0.6) is 5.75 Å². The van der Waals surface area contributed by atoms with E-state index in [1.54, 1.807) is 12.1 Å². The standard InChI is InChI=1S/C30H35N3O6S/c1-39-24-14-16-25(17-15-24)40(37,38)33-20-8-13-27(33)29(35)32-26(21-23-11-6-3-7-12-23)28(34)30(36)31-19-18-22-9-4-2-5-10-22/h2-7,9-12,14-17,26-28,34H,8,13,18-21H2,1H3,(H,31,36)(H,32,35)/t26-,27+,28?/m0/s1. The molecular weight excluding hydrogens is 530 g/mol. The summed E-state index contributed by atoms with van der Waals surface area (Å²) in [5.41, 5.74) is 1.86. The molecule has 40 heavy (non-hydrogen) atoms. The van der Waals surface area contributed by atoms with E-state index in [-0.39, 0.29) is 17.9 Å². The molecule has 3 aromatic carbocycles. The first-order valence-electron chi connectivity index (χ1n) is 13.3. The number of hydrogen-bond donors (Lipinski definition) is 3. The third-order valence-electron chi connectivity index (χ3n) is 7.00. The summed E-state index contributed by atoms with van der Waals surface area (Å²) in [5, 5.41) is 16.5. The van der Waals surface area contributed by atoms with Gasteiger partial charge in [-0.1, -0.05) is 60.7 Å². The summed E-state index contributed by atoms with van der Waals surface area (Å²) in [6.07, 6.45) is 0.0957. The highest BCUT2D eigenvalue weighted by Crippen LogP contribution is 2.27. The molecule has 0 bridgehead atoms. The number of aliphatic hydroxyl groups is 1. The van der Waals surface area contributed by atoms with Crippen LogP contribution < -0.4 is 15.4 Å². The minimum atomic E-state index is -3.95. The smallest absolute Gasteiger partial charge is 0.251 e. The Kier molecular flexibility index (Phi) is 9.92. The molecule has 1 saturated heterocycles. The van der Waals surface area contributed by atoms with E-state index in [0.717, 1.165) is 11.1 Å². The van der Waals surface area contributed by atoms with E-state index < -0.39 is 40.0 Å². The summed E-state index contributed by atoms with van der Waals surface area (Å²) in [4.78, 5) is 26.4. The maximum absolute atomic E-state index is 13.5. The number of ether oxygens (including phenoxy) is 1. The highest BCUT2D eigenvalue weighted by Gasteiger charge is 2.41. The topological polar surface area (TPSA) is 125 Å². The lowest BCUT2D eigenvalue weighted by Crippen LogP contribution is -2.55. The molecule has 212 valence electrons. The van der Waals surface area contributed by atoms with Gasteiger partial charge in [-0.25, -0.2) is 8.42 Å². The number of carbonyl (C=O) groups excluding carboxylic acids is 2. The molecule has 3 N–H and O–H groups in total. The van der Waals surface area contributed by atoms with Crippen LogP contribution in [0.2, 0.25) is 0 Å². The lowest BCUT2D eigenvalue weighted by atomic mass is 10.00. The Morgan fingerprint density at radius 3 is 2.23 bits per heavy atom. The zero-order valence-electron chi connectivity index (χ0n) is 22.4. The van der Waals surface area contributed by atoms with Gasteiger partial charge in [-0.15, -0.1) is 0 Å². The molecule has 1 unspecified atom stereocenters. The number of rotatable bonds is 12. The lowest BCUT2D eigenvalue weighted by Gasteiger charge is -2.28. The van der Waals surface area contributed by atoms with Crippen molar-refractivity contribution in [3.8, 4) is 5.75 Å². The summed E-state index contributed by atoms with van der Waals surface area (Å²) >= 11 is 0. The number of amides is 2. The Hall–Kier alpha value is -3.73. The van der Waals surface area contributed by atoms with E-state index in [2.05, 4.69) is 10.6 Å². The number of carbonyl (C=O) groups is 2. The van der Waals surface area contributed by atoms with Gasteiger partial charge in [-0.2, -0.15) is 4.31 Å². The Morgan fingerprint density at radius 1 is 0.975 bits per heavy atom. The van der Waals surface area contributed by atoms with Gasteiger partial charge in [-0.05, 0) is 61.1 Å². The molecule has 1 aliphatic heterocycles. The predicted octanol–water partition coefficient (Wildman–Crippen LogP) is 2.30.